The summed E-state index contributed by atoms with van der Waals surface area (Å²) in [5, 5.41) is 3.02. The van der Waals surface area contributed by atoms with Crippen LogP contribution in [0.25, 0.3) is 0 Å². The van der Waals surface area contributed by atoms with Crippen molar-refractivity contribution in [3.05, 3.63) is 59.2 Å². The molecule has 2 aromatic rings. The molecule has 2 atom stereocenters. The van der Waals surface area contributed by atoms with E-state index in [1.165, 1.54) is 5.56 Å². The lowest BCUT2D eigenvalue weighted by Gasteiger charge is -2.17. The molecule has 2 unspecified atom stereocenters. The monoisotopic (exact) mass is 336 g/mol. The van der Waals surface area contributed by atoms with Crippen LogP contribution in [-0.2, 0) is 9.59 Å². The Bertz CT molecular complexity index is 791. The molecule has 4 heteroatoms. The molecule has 0 aromatic heterocycles. The fourth-order valence-electron chi connectivity index (χ4n) is 3.38. The second-order valence-electron chi connectivity index (χ2n) is 6.94. The number of para-hydroxylation sites is 1. The van der Waals surface area contributed by atoms with E-state index in [1.807, 2.05) is 51.1 Å². The Hall–Kier alpha value is -2.62. The minimum absolute atomic E-state index is 0.00343. The maximum absolute atomic E-state index is 12.6. The number of amides is 2. The van der Waals surface area contributed by atoms with Crippen LogP contribution in [0.4, 0.5) is 11.4 Å². The average Bonchev–Trinajstić information content (AvgIpc) is 3.38. The molecule has 4 nitrogen and oxygen atoms in total. The van der Waals surface area contributed by atoms with Crippen LogP contribution in [-0.4, -0.2) is 18.9 Å². The highest BCUT2D eigenvalue weighted by Crippen LogP contribution is 2.41. The summed E-state index contributed by atoms with van der Waals surface area (Å²) in [6.07, 6.45) is 0.617. The third kappa shape index (κ3) is 3.58. The molecule has 1 aliphatic carbocycles. The Morgan fingerprint density at radius 3 is 2.20 bits per heavy atom. The molecular formula is C21H24N2O2. The van der Waals surface area contributed by atoms with Gasteiger partial charge in [0.15, 0.2) is 0 Å². The van der Waals surface area contributed by atoms with E-state index in [9.17, 15) is 9.59 Å². The quantitative estimate of drug-likeness (QED) is 0.922. The maximum atomic E-state index is 12.6. The van der Waals surface area contributed by atoms with Crippen molar-refractivity contribution in [2.75, 3.05) is 17.3 Å². The molecule has 0 bridgehead atoms. The zero-order valence-electron chi connectivity index (χ0n) is 15.2. The van der Waals surface area contributed by atoms with Gasteiger partial charge in [-0.2, -0.15) is 0 Å². The second kappa shape index (κ2) is 6.71. The van der Waals surface area contributed by atoms with Crippen molar-refractivity contribution in [3.63, 3.8) is 0 Å². The van der Waals surface area contributed by atoms with Crippen molar-refractivity contribution >= 4 is 23.2 Å². The number of rotatable bonds is 4. The molecule has 0 spiro atoms. The highest BCUT2D eigenvalue weighted by Gasteiger charge is 2.49. The molecule has 25 heavy (non-hydrogen) atoms. The first-order valence-corrected chi connectivity index (χ1v) is 8.60. The van der Waals surface area contributed by atoms with Gasteiger partial charge in [-0.25, -0.2) is 0 Å². The van der Waals surface area contributed by atoms with Crippen molar-refractivity contribution in [2.45, 2.75) is 27.2 Å². The Kier molecular flexibility index (Phi) is 4.62. The molecule has 0 radical (unpaired) electrons. The second-order valence-corrected chi connectivity index (χ2v) is 6.94. The van der Waals surface area contributed by atoms with Gasteiger partial charge >= 0.3 is 0 Å². The zero-order chi connectivity index (χ0) is 18.1. The van der Waals surface area contributed by atoms with Crippen LogP contribution in [0.1, 0.15) is 23.1 Å². The van der Waals surface area contributed by atoms with E-state index in [1.54, 1.807) is 11.9 Å². The van der Waals surface area contributed by atoms with Gasteiger partial charge in [0.05, 0.1) is 11.8 Å². The van der Waals surface area contributed by atoms with E-state index in [4.69, 9.17) is 0 Å². The molecule has 0 heterocycles. The van der Waals surface area contributed by atoms with Crippen LogP contribution in [0.15, 0.2) is 42.5 Å². The van der Waals surface area contributed by atoms with Crippen LogP contribution in [0, 0.1) is 32.6 Å². The number of nitrogens with one attached hydrogen (secondary N) is 1. The summed E-state index contributed by atoms with van der Waals surface area (Å²) in [4.78, 5) is 26.8. The van der Waals surface area contributed by atoms with Gasteiger partial charge in [-0.1, -0.05) is 35.9 Å². The van der Waals surface area contributed by atoms with Gasteiger partial charge in [0.2, 0.25) is 11.8 Å². The van der Waals surface area contributed by atoms with Crippen molar-refractivity contribution in [1.29, 1.82) is 0 Å². The number of carbonyl (C=O) groups is 2. The van der Waals surface area contributed by atoms with Gasteiger partial charge in [0.1, 0.15) is 0 Å². The van der Waals surface area contributed by atoms with Crippen molar-refractivity contribution in [2.24, 2.45) is 11.8 Å². The minimum Gasteiger partial charge on any atom is -0.325 e. The number of carbonyl (C=O) groups excluding carboxylic acids is 2. The first-order valence-electron chi connectivity index (χ1n) is 8.60. The molecule has 130 valence electrons. The molecular weight excluding hydrogens is 312 g/mol. The summed E-state index contributed by atoms with van der Waals surface area (Å²) < 4.78 is 0. The third-order valence-electron chi connectivity index (χ3n) is 4.84. The number of aryl methyl sites for hydroxylation is 3. The molecule has 1 saturated carbocycles. The molecule has 1 fully saturated rings. The van der Waals surface area contributed by atoms with Gasteiger partial charge in [0, 0.05) is 18.4 Å². The van der Waals surface area contributed by atoms with E-state index in [-0.39, 0.29) is 23.7 Å². The van der Waals surface area contributed by atoms with Gasteiger partial charge in [-0.3, -0.25) is 9.59 Å². The average molecular weight is 336 g/mol. The van der Waals surface area contributed by atoms with Gasteiger partial charge in [-0.15, -0.1) is 0 Å². The topological polar surface area (TPSA) is 49.4 Å². The number of benzene rings is 2. The van der Waals surface area contributed by atoms with E-state index in [0.717, 1.165) is 22.5 Å². The van der Waals surface area contributed by atoms with Crippen molar-refractivity contribution < 1.29 is 9.59 Å². The van der Waals surface area contributed by atoms with E-state index < -0.39 is 0 Å². The number of nitrogens with zero attached hydrogens (tertiary/aromatic N) is 1. The summed E-state index contributed by atoms with van der Waals surface area (Å²) in [5.41, 5.74) is 5.00. The predicted molar refractivity (Wildman–Crippen MR) is 101 cm³/mol. The zero-order valence-corrected chi connectivity index (χ0v) is 15.2. The van der Waals surface area contributed by atoms with Crippen LogP contribution in [0.3, 0.4) is 0 Å². The molecule has 0 saturated heterocycles. The smallest absolute Gasteiger partial charge is 0.230 e. The fraction of sp³-hybridized carbons (Fsp3) is 0.333. The molecule has 0 aliphatic heterocycles. The van der Waals surface area contributed by atoms with Crippen molar-refractivity contribution in [3.8, 4) is 0 Å². The Balaban J connectivity index is 1.65. The highest BCUT2D eigenvalue weighted by molar-refractivity contribution is 6.04. The molecule has 1 N–H and O–H groups in total. The van der Waals surface area contributed by atoms with Crippen LogP contribution in [0.5, 0.6) is 0 Å². The van der Waals surface area contributed by atoms with Gasteiger partial charge < -0.3 is 10.2 Å². The van der Waals surface area contributed by atoms with Crippen molar-refractivity contribution in [1.82, 2.24) is 0 Å². The number of anilines is 2. The molecule has 2 amide bonds. The number of hydrogen-bond donors (Lipinski definition) is 1. The third-order valence-corrected chi connectivity index (χ3v) is 4.84. The maximum Gasteiger partial charge on any atom is 0.230 e. The van der Waals surface area contributed by atoms with Crippen LogP contribution >= 0.6 is 0 Å². The SMILES string of the molecule is Cc1cc(C)c(NC(=O)C2CC2C(=O)N(C)c2ccccc2)c(C)c1. The minimum atomic E-state index is -0.237. The standard InChI is InChI=1S/C21H24N2O2/c1-13-10-14(2)19(15(3)11-13)22-20(24)17-12-18(17)21(25)23(4)16-8-6-5-7-9-16/h5-11,17-18H,12H2,1-4H3,(H,22,24). The van der Waals surface area contributed by atoms with E-state index in [2.05, 4.69) is 17.4 Å². The fourth-order valence-corrected chi connectivity index (χ4v) is 3.38. The Morgan fingerprint density at radius 2 is 1.60 bits per heavy atom. The van der Waals surface area contributed by atoms with Gasteiger partial charge in [-0.05, 0) is 50.5 Å². The molecule has 3 rings (SSSR count). The summed E-state index contributed by atoms with van der Waals surface area (Å²) in [7, 11) is 1.76. The molecule has 1 aliphatic rings. The first-order chi connectivity index (χ1) is 11.9. The summed E-state index contributed by atoms with van der Waals surface area (Å²) in [6.45, 7) is 6.03. The summed E-state index contributed by atoms with van der Waals surface area (Å²) in [6, 6.07) is 13.6. The lowest BCUT2D eigenvalue weighted by atomic mass is 10.0. The van der Waals surface area contributed by atoms with Gasteiger partial charge in [0.25, 0.3) is 0 Å². The largest absolute Gasteiger partial charge is 0.325 e. The highest BCUT2D eigenvalue weighted by atomic mass is 16.2. The first kappa shape index (κ1) is 17.2. The summed E-state index contributed by atoms with van der Waals surface area (Å²) >= 11 is 0. The Labute approximate surface area is 148 Å². The summed E-state index contributed by atoms with van der Waals surface area (Å²) in [5.74, 6) is -0.520. The lowest BCUT2D eigenvalue weighted by molar-refractivity contribution is -0.123. The van der Waals surface area contributed by atoms with E-state index in [0.29, 0.717) is 6.42 Å². The molecule has 2 aromatic carbocycles. The van der Waals surface area contributed by atoms with Crippen LogP contribution in [0.2, 0.25) is 0 Å². The van der Waals surface area contributed by atoms with E-state index >= 15 is 0 Å². The number of hydrogen-bond acceptors (Lipinski definition) is 2. The predicted octanol–water partition coefficient (Wildman–Crippen LogP) is 3.85. The lowest BCUT2D eigenvalue weighted by Crippen LogP contribution is -2.29. The van der Waals surface area contributed by atoms with Crippen LogP contribution < -0.4 is 10.2 Å². The Morgan fingerprint density at radius 1 is 1.00 bits per heavy atom. The normalized spacial score (nSPS) is 18.6.